The van der Waals surface area contributed by atoms with Gasteiger partial charge in [0, 0.05) is 48.2 Å². The number of ketones is 1. The number of benzene rings is 1. The number of fused-ring (bicyclic) bond motifs is 6. The smallest absolute Gasteiger partial charge is 0.326 e. The summed E-state index contributed by atoms with van der Waals surface area (Å²) >= 11 is 0. The van der Waals surface area contributed by atoms with Crippen molar-refractivity contribution >= 4 is 34.5 Å². The largest absolute Gasteiger partial charge is 0.480 e. The Bertz CT molecular complexity index is 1380. The van der Waals surface area contributed by atoms with Gasteiger partial charge in [0.2, 0.25) is 5.91 Å². The summed E-state index contributed by atoms with van der Waals surface area (Å²) in [5.41, 5.74) is 1.92. The number of carbonyl (C=O) groups excluding carboxylic acids is 3. The molecule has 0 bridgehead atoms. The summed E-state index contributed by atoms with van der Waals surface area (Å²) in [6, 6.07) is 6.55. The quantitative estimate of drug-likeness (QED) is 0.352. The van der Waals surface area contributed by atoms with E-state index in [-0.39, 0.29) is 42.2 Å². The van der Waals surface area contributed by atoms with E-state index in [1.165, 1.54) is 6.42 Å². The second kappa shape index (κ2) is 11.2. The third-order valence-corrected chi connectivity index (χ3v) is 12.0. The van der Waals surface area contributed by atoms with E-state index in [1.54, 1.807) is 6.20 Å². The molecule has 4 saturated carbocycles. The summed E-state index contributed by atoms with van der Waals surface area (Å²) < 4.78 is 6.06. The molecule has 8 heteroatoms. The average molecular weight is 577 g/mol. The Morgan fingerprint density at radius 2 is 1.81 bits per heavy atom. The number of para-hydroxylation sites is 1. The van der Waals surface area contributed by atoms with Crippen molar-refractivity contribution in [1.82, 2.24) is 10.3 Å². The van der Waals surface area contributed by atoms with Gasteiger partial charge in [-0.2, -0.15) is 0 Å². The minimum atomic E-state index is -1.11. The Balaban J connectivity index is 1.02. The van der Waals surface area contributed by atoms with Gasteiger partial charge in [0.05, 0.1) is 6.42 Å². The Kier molecular flexibility index (Phi) is 7.69. The van der Waals surface area contributed by atoms with Crippen LogP contribution in [-0.2, 0) is 30.3 Å². The lowest BCUT2D eigenvalue weighted by molar-refractivity contribution is -0.164. The summed E-state index contributed by atoms with van der Waals surface area (Å²) in [6.07, 6.45) is 10.5. The first-order valence-electron chi connectivity index (χ1n) is 15.9. The fourth-order valence-electron chi connectivity index (χ4n) is 9.61. The van der Waals surface area contributed by atoms with E-state index in [1.807, 2.05) is 24.3 Å². The third kappa shape index (κ3) is 5.15. The zero-order valence-corrected chi connectivity index (χ0v) is 24.8. The van der Waals surface area contributed by atoms with E-state index in [2.05, 4.69) is 24.1 Å². The number of nitrogens with one attached hydrogen (secondary N) is 2. The van der Waals surface area contributed by atoms with Gasteiger partial charge >= 0.3 is 11.9 Å². The van der Waals surface area contributed by atoms with Crippen LogP contribution in [0.2, 0.25) is 0 Å². The molecule has 0 aliphatic heterocycles. The molecule has 3 N–H and O–H groups in total. The summed E-state index contributed by atoms with van der Waals surface area (Å²) in [7, 11) is 0. The lowest BCUT2D eigenvalue weighted by Crippen LogP contribution is -2.54. The minimum absolute atomic E-state index is 0.0551. The molecule has 1 amide bonds. The number of Topliss-reactive ketones (excluding diaryl/α,β-unsaturated/α-hetero) is 1. The van der Waals surface area contributed by atoms with Crippen LogP contribution in [0.4, 0.5) is 0 Å². The third-order valence-electron chi connectivity index (χ3n) is 12.0. The van der Waals surface area contributed by atoms with Crippen LogP contribution in [0.15, 0.2) is 30.5 Å². The van der Waals surface area contributed by atoms with Gasteiger partial charge in [-0.05, 0) is 85.7 Å². The number of carbonyl (C=O) groups is 4. The Morgan fingerprint density at radius 1 is 1.02 bits per heavy atom. The Labute approximate surface area is 247 Å². The van der Waals surface area contributed by atoms with Crippen molar-refractivity contribution in [3.63, 3.8) is 0 Å². The van der Waals surface area contributed by atoms with E-state index in [0.717, 1.165) is 67.8 Å². The molecule has 4 fully saturated rings. The molecule has 0 saturated heterocycles. The molecule has 8 unspecified atom stereocenters. The second-order valence-electron chi connectivity index (χ2n) is 14.0. The van der Waals surface area contributed by atoms with Gasteiger partial charge in [-0.1, -0.05) is 32.0 Å². The van der Waals surface area contributed by atoms with Gasteiger partial charge < -0.3 is 20.1 Å². The summed E-state index contributed by atoms with van der Waals surface area (Å²) in [4.78, 5) is 52.9. The van der Waals surface area contributed by atoms with Crippen molar-refractivity contribution in [3.8, 4) is 0 Å². The van der Waals surface area contributed by atoms with E-state index < -0.39 is 17.9 Å². The number of rotatable bonds is 8. The maximum Gasteiger partial charge on any atom is 0.326 e. The highest BCUT2D eigenvalue weighted by Gasteiger charge is 2.61. The molecule has 4 aliphatic carbocycles. The normalized spacial score (nSPS) is 34.6. The van der Waals surface area contributed by atoms with Crippen molar-refractivity contribution in [2.45, 2.75) is 103 Å². The SMILES string of the molecule is CC12CCC(=O)CC1CCC1C2CCC2(C)C(OC(=O)CCC(=O)NC(Cc3c[nH]c4ccccc34)C(=O)O)CCC12. The number of amides is 1. The molecule has 6 rings (SSSR count). The minimum Gasteiger partial charge on any atom is -0.480 e. The zero-order valence-electron chi connectivity index (χ0n) is 24.8. The van der Waals surface area contributed by atoms with Crippen molar-refractivity contribution in [2.75, 3.05) is 0 Å². The van der Waals surface area contributed by atoms with Crippen LogP contribution in [0.25, 0.3) is 10.9 Å². The zero-order chi connectivity index (χ0) is 29.6. The van der Waals surface area contributed by atoms with Crippen molar-refractivity contribution in [3.05, 3.63) is 36.0 Å². The molecule has 1 heterocycles. The highest BCUT2D eigenvalue weighted by molar-refractivity contribution is 5.88. The van der Waals surface area contributed by atoms with E-state index in [0.29, 0.717) is 29.5 Å². The van der Waals surface area contributed by atoms with E-state index in [9.17, 15) is 24.3 Å². The number of carboxylic acid groups (broad SMARTS) is 1. The van der Waals surface area contributed by atoms with Crippen LogP contribution in [0.5, 0.6) is 0 Å². The first kappa shape index (κ1) is 28.9. The van der Waals surface area contributed by atoms with Gasteiger partial charge in [0.1, 0.15) is 17.9 Å². The predicted molar refractivity (Wildman–Crippen MR) is 157 cm³/mol. The van der Waals surface area contributed by atoms with Crippen LogP contribution >= 0.6 is 0 Å². The first-order chi connectivity index (χ1) is 20.1. The molecular weight excluding hydrogens is 532 g/mol. The monoisotopic (exact) mass is 576 g/mol. The van der Waals surface area contributed by atoms with Gasteiger partial charge in [0.15, 0.2) is 0 Å². The fourth-order valence-corrected chi connectivity index (χ4v) is 9.61. The topological polar surface area (TPSA) is 126 Å². The highest BCUT2D eigenvalue weighted by Crippen LogP contribution is 2.66. The van der Waals surface area contributed by atoms with Crippen LogP contribution in [-0.4, -0.2) is 45.9 Å². The lowest BCUT2D eigenvalue weighted by Gasteiger charge is -2.60. The number of aromatic amines is 1. The molecule has 1 aromatic carbocycles. The summed E-state index contributed by atoms with van der Waals surface area (Å²) in [5, 5.41) is 13.3. The molecule has 42 heavy (non-hydrogen) atoms. The number of H-pyrrole nitrogens is 1. The molecule has 4 aliphatic rings. The maximum atomic E-state index is 12.9. The van der Waals surface area contributed by atoms with Gasteiger partial charge in [0.25, 0.3) is 0 Å². The van der Waals surface area contributed by atoms with Crippen molar-refractivity contribution in [1.29, 1.82) is 0 Å². The lowest BCUT2D eigenvalue weighted by atomic mass is 9.45. The van der Waals surface area contributed by atoms with Crippen molar-refractivity contribution < 1.29 is 29.0 Å². The number of ether oxygens (including phenoxy) is 1. The number of hydrogen-bond donors (Lipinski definition) is 3. The number of esters is 1. The molecule has 8 atom stereocenters. The predicted octanol–water partition coefficient (Wildman–Crippen LogP) is 5.58. The maximum absolute atomic E-state index is 12.9. The Hall–Kier alpha value is -3.16. The first-order valence-corrected chi connectivity index (χ1v) is 15.9. The van der Waals surface area contributed by atoms with Crippen molar-refractivity contribution in [2.24, 2.45) is 34.5 Å². The molecule has 8 nitrogen and oxygen atoms in total. The van der Waals surface area contributed by atoms with Crippen LogP contribution in [0, 0.1) is 34.5 Å². The van der Waals surface area contributed by atoms with E-state index in [4.69, 9.17) is 4.74 Å². The average Bonchev–Trinajstić information content (AvgIpc) is 3.52. The Morgan fingerprint density at radius 3 is 2.62 bits per heavy atom. The van der Waals surface area contributed by atoms with Crippen LogP contribution in [0.3, 0.4) is 0 Å². The molecule has 0 radical (unpaired) electrons. The second-order valence-corrected chi connectivity index (χ2v) is 14.0. The molecule has 226 valence electrons. The van der Waals surface area contributed by atoms with Gasteiger partial charge in [-0.15, -0.1) is 0 Å². The highest BCUT2D eigenvalue weighted by atomic mass is 16.5. The van der Waals surface area contributed by atoms with Crippen LogP contribution < -0.4 is 5.32 Å². The van der Waals surface area contributed by atoms with E-state index >= 15 is 0 Å². The number of aliphatic carboxylic acids is 1. The number of hydrogen-bond acceptors (Lipinski definition) is 5. The fraction of sp³-hybridized carbons (Fsp3) is 0.647. The molecule has 0 spiro atoms. The number of aromatic nitrogens is 1. The standard InChI is InChI=1S/C34H44N2O6/c1-33-15-13-22(37)18-21(33)7-8-24-25-9-10-29(34(25,2)16-14-26(24)33)42-31(39)12-11-30(38)36-28(32(40)41)17-20-19-35-27-6-4-3-5-23(20)27/h3-6,19,21,24-26,28-29,35H,7-18H2,1-2H3,(H,36,38)(H,40,41). The summed E-state index contributed by atoms with van der Waals surface area (Å²) in [5.74, 6) is 0.785. The van der Waals surface area contributed by atoms with Crippen LogP contribution in [0.1, 0.15) is 90.0 Å². The molecule has 1 aromatic heterocycles. The summed E-state index contributed by atoms with van der Waals surface area (Å²) in [6.45, 7) is 4.74. The number of carboxylic acids is 1. The molecular formula is C34H44N2O6. The molecule has 2 aromatic rings. The van der Waals surface area contributed by atoms with Gasteiger partial charge in [-0.3, -0.25) is 14.4 Å². The van der Waals surface area contributed by atoms with Gasteiger partial charge in [-0.25, -0.2) is 4.79 Å².